The van der Waals surface area contributed by atoms with E-state index in [0.29, 0.717) is 23.7 Å². The molecule has 0 unspecified atom stereocenters. The summed E-state index contributed by atoms with van der Waals surface area (Å²) in [6, 6.07) is 9.88. The molecule has 1 aromatic heterocycles. The number of aryl methyl sites for hydroxylation is 1. The monoisotopic (exact) mass is 254 g/mol. The van der Waals surface area contributed by atoms with Crippen molar-refractivity contribution in [2.75, 3.05) is 6.61 Å². The fourth-order valence-electron chi connectivity index (χ4n) is 2.25. The van der Waals surface area contributed by atoms with Crippen LogP contribution in [0.3, 0.4) is 0 Å². The topological polar surface area (TPSA) is 39.4 Å². The minimum Gasteiger partial charge on any atom is -0.488 e. The molecule has 3 nitrogen and oxygen atoms in total. The highest BCUT2D eigenvalue weighted by Crippen LogP contribution is 2.35. The summed E-state index contributed by atoms with van der Waals surface area (Å²) in [5.74, 6) is 1.28. The maximum absolute atomic E-state index is 12.0. The lowest BCUT2D eigenvalue weighted by Gasteiger charge is -2.03. The normalized spacial score (nSPS) is 15.4. The van der Waals surface area contributed by atoms with Crippen LogP contribution in [0.1, 0.15) is 22.5 Å². The molecule has 1 aliphatic heterocycles. The lowest BCUT2D eigenvalue weighted by molar-refractivity contribution is 0.376. The van der Waals surface area contributed by atoms with Crippen molar-refractivity contribution in [2.45, 2.75) is 13.8 Å². The summed E-state index contributed by atoms with van der Waals surface area (Å²) in [5.41, 5.74) is 3.06. The van der Waals surface area contributed by atoms with E-state index in [4.69, 9.17) is 9.15 Å². The molecule has 0 atom stereocenters. The fraction of sp³-hybridized carbons (Fsp3) is 0.188. The second kappa shape index (κ2) is 4.43. The third-order valence-corrected chi connectivity index (χ3v) is 3.38. The lowest BCUT2D eigenvalue weighted by atomic mass is 10.0. The highest BCUT2D eigenvalue weighted by atomic mass is 16.5. The van der Waals surface area contributed by atoms with Gasteiger partial charge in [-0.1, -0.05) is 30.3 Å². The number of hydrogen-bond donors (Lipinski definition) is 0. The summed E-state index contributed by atoms with van der Waals surface area (Å²) in [6.45, 7) is 4.10. The van der Waals surface area contributed by atoms with Crippen LogP contribution in [0.15, 0.2) is 39.5 Å². The zero-order valence-electron chi connectivity index (χ0n) is 10.9. The second-order valence-electron chi connectivity index (χ2n) is 4.64. The van der Waals surface area contributed by atoms with Crippen LogP contribution in [0, 0.1) is 13.8 Å². The van der Waals surface area contributed by atoms with E-state index in [9.17, 15) is 4.79 Å². The molecular formula is C16H14O3. The summed E-state index contributed by atoms with van der Waals surface area (Å²) in [4.78, 5) is 12.0. The smallest absolute Gasteiger partial charge is 0.347 e. The summed E-state index contributed by atoms with van der Waals surface area (Å²) in [6.07, 6.45) is 1.97. The average Bonchev–Trinajstić information content (AvgIpc) is 2.82. The van der Waals surface area contributed by atoms with E-state index in [1.165, 1.54) is 0 Å². The van der Waals surface area contributed by atoms with Gasteiger partial charge in [-0.25, -0.2) is 4.79 Å². The summed E-state index contributed by atoms with van der Waals surface area (Å²) >= 11 is 0. The summed E-state index contributed by atoms with van der Waals surface area (Å²) < 4.78 is 10.9. The first-order chi connectivity index (χ1) is 9.16. The third kappa shape index (κ3) is 1.97. The fourth-order valence-corrected chi connectivity index (χ4v) is 2.25. The van der Waals surface area contributed by atoms with Crippen molar-refractivity contribution in [3.05, 3.63) is 63.2 Å². The van der Waals surface area contributed by atoms with Crippen LogP contribution in [0.2, 0.25) is 0 Å². The van der Waals surface area contributed by atoms with Crippen LogP contribution in [-0.4, -0.2) is 6.61 Å². The second-order valence-corrected chi connectivity index (χ2v) is 4.64. The lowest BCUT2D eigenvalue weighted by Crippen LogP contribution is -2.06. The molecule has 1 aliphatic rings. The molecule has 1 aromatic carbocycles. The van der Waals surface area contributed by atoms with Crippen molar-refractivity contribution in [3.8, 4) is 5.75 Å². The molecule has 0 radical (unpaired) electrons. The van der Waals surface area contributed by atoms with Gasteiger partial charge in [-0.2, -0.15) is 0 Å². The number of hydrogen-bond acceptors (Lipinski definition) is 3. The molecule has 0 saturated carbocycles. The van der Waals surface area contributed by atoms with Gasteiger partial charge in [0.15, 0.2) is 0 Å². The van der Waals surface area contributed by atoms with Gasteiger partial charge in [0.1, 0.15) is 23.7 Å². The van der Waals surface area contributed by atoms with E-state index in [1.807, 2.05) is 43.3 Å². The average molecular weight is 254 g/mol. The standard InChI is InChI=1S/C16H14O3/c1-10-11(2)19-16(17)14-13(9-18-15(10)14)8-12-6-4-3-5-7-12/h3-8H,9H2,1-2H3/b13-8+. The minimum absolute atomic E-state index is 0.321. The van der Waals surface area contributed by atoms with Crippen LogP contribution in [0.25, 0.3) is 11.6 Å². The number of ether oxygens (including phenoxy) is 1. The van der Waals surface area contributed by atoms with Gasteiger partial charge in [0, 0.05) is 11.1 Å². The molecular weight excluding hydrogens is 240 g/mol. The Hall–Kier alpha value is -2.29. The van der Waals surface area contributed by atoms with Crippen molar-refractivity contribution in [1.29, 1.82) is 0 Å². The predicted octanol–water partition coefficient (Wildman–Crippen LogP) is 3.19. The van der Waals surface area contributed by atoms with E-state index >= 15 is 0 Å². The van der Waals surface area contributed by atoms with Crippen molar-refractivity contribution in [1.82, 2.24) is 0 Å². The molecule has 3 rings (SSSR count). The number of rotatable bonds is 1. The quantitative estimate of drug-likeness (QED) is 0.784. The molecule has 3 heteroatoms. The van der Waals surface area contributed by atoms with Crippen LogP contribution in [-0.2, 0) is 0 Å². The van der Waals surface area contributed by atoms with Crippen molar-refractivity contribution in [2.24, 2.45) is 0 Å². The Kier molecular flexibility index (Phi) is 2.75. The highest BCUT2D eigenvalue weighted by molar-refractivity contribution is 5.86. The molecule has 0 saturated heterocycles. The Labute approximate surface area is 111 Å². The van der Waals surface area contributed by atoms with Gasteiger partial charge in [0.2, 0.25) is 0 Å². The predicted molar refractivity (Wildman–Crippen MR) is 74.3 cm³/mol. The third-order valence-electron chi connectivity index (χ3n) is 3.38. The molecule has 0 N–H and O–H groups in total. The highest BCUT2D eigenvalue weighted by Gasteiger charge is 2.25. The Morgan fingerprint density at radius 1 is 1.16 bits per heavy atom. The van der Waals surface area contributed by atoms with E-state index in [-0.39, 0.29) is 5.63 Å². The Balaban J connectivity index is 2.16. The minimum atomic E-state index is -0.321. The van der Waals surface area contributed by atoms with Gasteiger partial charge in [-0.15, -0.1) is 0 Å². The van der Waals surface area contributed by atoms with E-state index in [1.54, 1.807) is 6.92 Å². The molecule has 2 aromatic rings. The molecule has 0 bridgehead atoms. The van der Waals surface area contributed by atoms with Crippen LogP contribution < -0.4 is 10.4 Å². The molecule has 0 aliphatic carbocycles. The summed E-state index contributed by atoms with van der Waals surface area (Å²) in [7, 11) is 0. The van der Waals surface area contributed by atoms with Crippen LogP contribution in [0.5, 0.6) is 5.75 Å². The Morgan fingerprint density at radius 2 is 1.89 bits per heavy atom. The van der Waals surface area contributed by atoms with Gasteiger partial charge in [0.25, 0.3) is 0 Å². The van der Waals surface area contributed by atoms with Crippen molar-refractivity contribution < 1.29 is 9.15 Å². The van der Waals surface area contributed by atoms with E-state index in [0.717, 1.165) is 16.7 Å². The first-order valence-corrected chi connectivity index (χ1v) is 6.20. The maximum atomic E-state index is 12.0. The van der Waals surface area contributed by atoms with Crippen molar-refractivity contribution in [3.63, 3.8) is 0 Å². The molecule has 2 heterocycles. The molecule has 0 spiro atoms. The first kappa shape index (κ1) is 11.8. The Bertz CT molecular complexity index is 709. The molecule has 96 valence electrons. The zero-order valence-corrected chi connectivity index (χ0v) is 10.9. The van der Waals surface area contributed by atoms with Gasteiger partial charge in [-0.3, -0.25) is 0 Å². The van der Waals surface area contributed by atoms with Gasteiger partial charge in [0.05, 0.1) is 0 Å². The van der Waals surface area contributed by atoms with Crippen LogP contribution >= 0.6 is 0 Å². The molecule has 0 amide bonds. The maximum Gasteiger partial charge on any atom is 0.347 e. The van der Waals surface area contributed by atoms with E-state index in [2.05, 4.69) is 0 Å². The summed E-state index contributed by atoms with van der Waals surface area (Å²) in [5, 5.41) is 0. The largest absolute Gasteiger partial charge is 0.488 e. The number of fused-ring (bicyclic) bond motifs is 1. The zero-order chi connectivity index (χ0) is 13.4. The molecule has 0 fully saturated rings. The van der Waals surface area contributed by atoms with Gasteiger partial charge < -0.3 is 9.15 Å². The number of benzene rings is 1. The Morgan fingerprint density at radius 3 is 2.63 bits per heavy atom. The van der Waals surface area contributed by atoms with Crippen LogP contribution in [0.4, 0.5) is 0 Å². The van der Waals surface area contributed by atoms with E-state index < -0.39 is 0 Å². The van der Waals surface area contributed by atoms with Gasteiger partial charge >= 0.3 is 5.63 Å². The SMILES string of the molecule is Cc1oc(=O)c2c(c1C)OC/C2=C\c1ccccc1. The molecule has 19 heavy (non-hydrogen) atoms. The van der Waals surface area contributed by atoms with Gasteiger partial charge in [-0.05, 0) is 25.5 Å². The first-order valence-electron chi connectivity index (χ1n) is 6.20. The van der Waals surface area contributed by atoms with Crippen molar-refractivity contribution >= 4 is 11.6 Å².